The van der Waals surface area contributed by atoms with E-state index in [0.29, 0.717) is 17.1 Å². The lowest BCUT2D eigenvalue weighted by atomic mass is 9.94. The first kappa shape index (κ1) is 23.5. The molecule has 1 saturated heterocycles. The number of hydrogen-bond donors (Lipinski definition) is 1. The van der Waals surface area contributed by atoms with Crippen LogP contribution in [0.1, 0.15) is 35.8 Å². The number of aliphatic hydroxyl groups is 1. The van der Waals surface area contributed by atoms with Crippen molar-refractivity contribution >= 4 is 12.0 Å². The normalized spacial score (nSPS) is 21.5. The molecule has 6 heteroatoms. The number of methoxy groups -OCH3 is 2. The smallest absolute Gasteiger partial charge is 0.339 e. The summed E-state index contributed by atoms with van der Waals surface area (Å²) < 4.78 is 22.7. The summed E-state index contributed by atoms with van der Waals surface area (Å²) in [5.41, 5.74) is 3.09. The van der Waals surface area contributed by atoms with Crippen molar-refractivity contribution < 1.29 is 28.8 Å². The van der Waals surface area contributed by atoms with Crippen LogP contribution < -0.4 is 9.47 Å². The Labute approximate surface area is 199 Å². The summed E-state index contributed by atoms with van der Waals surface area (Å²) in [6.07, 6.45) is -1.80. The third kappa shape index (κ3) is 5.14. The van der Waals surface area contributed by atoms with E-state index in [0.717, 1.165) is 16.7 Å². The molecule has 1 aliphatic rings. The van der Waals surface area contributed by atoms with Gasteiger partial charge in [0.25, 0.3) is 0 Å². The van der Waals surface area contributed by atoms with Crippen LogP contribution in [0, 0.1) is 0 Å². The Balaban J connectivity index is 1.65. The summed E-state index contributed by atoms with van der Waals surface area (Å²) in [7, 11) is 3.19. The highest BCUT2D eigenvalue weighted by molar-refractivity contribution is 5.77. The van der Waals surface area contributed by atoms with Crippen LogP contribution >= 0.6 is 0 Å². The van der Waals surface area contributed by atoms with Crippen LogP contribution in [0.2, 0.25) is 0 Å². The Morgan fingerprint density at radius 2 is 1.38 bits per heavy atom. The zero-order valence-corrected chi connectivity index (χ0v) is 19.4. The van der Waals surface area contributed by atoms with E-state index in [1.807, 2.05) is 84.9 Å². The summed E-state index contributed by atoms with van der Waals surface area (Å²) in [4.78, 5) is 13.0. The summed E-state index contributed by atoms with van der Waals surface area (Å²) in [6.45, 7) is 1.77. The maximum absolute atomic E-state index is 13.0. The molecule has 0 spiro atoms. The molecule has 3 aromatic rings. The third-order valence-electron chi connectivity index (χ3n) is 5.88. The van der Waals surface area contributed by atoms with Crippen molar-refractivity contribution in [2.45, 2.75) is 31.3 Å². The number of carbonyl (C=O) groups is 1. The fourth-order valence-corrected chi connectivity index (χ4v) is 3.96. The summed E-state index contributed by atoms with van der Waals surface area (Å²) >= 11 is 0. The first-order valence-corrected chi connectivity index (χ1v) is 11.1. The van der Waals surface area contributed by atoms with Crippen LogP contribution in [-0.2, 0) is 14.3 Å². The average molecular weight is 461 g/mol. The Morgan fingerprint density at radius 3 is 1.91 bits per heavy atom. The Kier molecular flexibility index (Phi) is 7.30. The molecular weight excluding hydrogens is 432 g/mol. The van der Waals surface area contributed by atoms with E-state index in [-0.39, 0.29) is 0 Å². The van der Waals surface area contributed by atoms with Crippen molar-refractivity contribution in [3.63, 3.8) is 0 Å². The lowest BCUT2D eigenvalue weighted by molar-refractivity contribution is -0.213. The second kappa shape index (κ2) is 10.5. The molecule has 4 rings (SSSR count). The Hall–Kier alpha value is -3.61. The van der Waals surface area contributed by atoms with Gasteiger partial charge in [-0.2, -0.15) is 0 Å². The standard InChI is InChI=1S/C28H28O6/c1-18(17-19-7-5-4-6-8-19)24(29)27-28(30)34-26(21-11-15-23(32-3)16-12-21)25(33-27)20-9-13-22(31-2)14-10-20/h4-17,24-27,29H,1-3H3/b18-17+/t24-,25-,26-,27-/m0/s1. The molecule has 4 atom stereocenters. The highest BCUT2D eigenvalue weighted by Gasteiger charge is 2.44. The van der Waals surface area contributed by atoms with E-state index in [4.69, 9.17) is 18.9 Å². The van der Waals surface area contributed by atoms with Gasteiger partial charge in [-0.3, -0.25) is 0 Å². The average Bonchev–Trinajstić information content (AvgIpc) is 2.89. The molecule has 34 heavy (non-hydrogen) atoms. The van der Waals surface area contributed by atoms with Gasteiger partial charge in [-0.05, 0) is 53.5 Å². The largest absolute Gasteiger partial charge is 0.497 e. The van der Waals surface area contributed by atoms with Crippen molar-refractivity contribution in [1.82, 2.24) is 0 Å². The van der Waals surface area contributed by atoms with E-state index >= 15 is 0 Å². The number of carbonyl (C=O) groups excluding carboxylic acids is 1. The Bertz CT molecular complexity index is 1120. The van der Waals surface area contributed by atoms with Gasteiger partial charge in [0.1, 0.15) is 23.7 Å². The van der Waals surface area contributed by atoms with Crippen molar-refractivity contribution in [3.05, 3.63) is 101 Å². The minimum Gasteiger partial charge on any atom is -0.497 e. The summed E-state index contributed by atoms with van der Waals surface area (Å²) in [5, 5.41) is 11.0. The van der Waals surface area contributed by atoms with Gasteiger partial charge in [0.15, 0.2) is 12.2 Å². The minimum atomic E-state index is -1.17. The van der Waals surface area contributed by atoms with Crippen LogP contribution in [0.15, 0.2) is 84.4 Å². The molecule has 0 unspecified atom stereocenters. The lowest BCUT2D eigenvalue weighted by Gasteiger charge is -2.38. The van der Waals surface area contributed by atoms with Gasteiger partial charge in [-0.25, -0.2) is 4.79 Å². The quantitative estimate of drug-likeness (QED) is 0.506. The number of hydrogen-bond acceptors (Lipinski definition) is 6. The van der Waals surface area contributed by atoms with Gasteiger partial charge < -0.3 is 24.1 Å². The van der Waals surface area contributed by atoms with Gasteiger partial charge in [-0.15, -0.1) is 0 Å². The third-order valence-corrected chi connectivity index (χ3v) is 5.88. The highest BCUT2D eigenvalue weighted by atomic mass is 16.6. The molecule has 176 valence electrons. The fourth-order valence-electron chi connectivity index (χ4n) is 3.96. The van der Waals surface area contributed by atoms with Crippen molar-refractivity contribution in [2.24, 2.45) is 0 Å². The number of benzene rings is 3. The maximum atomic E-state index is 13.0. The molecule has 1 fully saturated rings. The molecule has 1 aliphatic heterocycles. The van der Waals surface area contributed by atoms with E-state index in [1.165, 1.54) is 0 Å². The van der Waals surface area contributed by atoms with Gasteiger partial charge in [0.05, 0.1) is 14.2 Å². The maximum Gasteiger partial charge on any atom is 0.339 e. The minimum absolute atomic E-state index is 0.601. The predicted molar refractivity (Wildman–Crippen MR) is 129 cm³/mol. The molecule has 0 amide bonds. The monoisotopic (exact) mass is 460 g/mol. The van der Waals surface area contributed by atoms with Crippen LogP contribution in [0.4, 0.5) is 0 Å². The molecule has 3 aromatic carbocycles. The van der Waals surface area contributed by atoms with E-state index in [1.54, 1.807) is 21.1 Å². The van der Waals surface area contributed by atoms with Crippen LogP contribution in [0.3, 0.4) is 0 Å². The van der Waals surface area contributed by atoms with Gasteiger partial charge >= 0.3 is 5.97 Å². The molecule has 1 heterocycles. The van der Waals surface area contributed by atoms with Crippen LogP contribution in [0.5, 0.6) is 11.5 Å². The van der Waals surface area contributed by atoms with E-state index < -0.39 is 30.4 Å². The fraction of sp³-hybridized carbons (Fsp3) is 0.250. The van der Waals surface area contributed by atoms with Gasteiger partial charge in [-0.1, -0.05) is 60.7 Å². The molecular formula is C28H28O6. The molecule has 0 aromatic heterocycles. The number of cyclic esters (lactones) is 1. The second-order valence-electron chi connectivity index (χ2n) is 8.12. The van der Waals surface area contributed by atoms with Crippen molar-refractivity contribution in [1.29, 1.82) is 0 Å². The van der Waals surface area contributed by atoms with Gasteiger partial charge in [0, 0.05) is 0 Å². The van der Waals surface area contributed by atoms with Crippen LogP contribution in [0.25, 0.3) is 6.08 Å². The second-order valence-corrected chi connectivity index (χ2v) is 8.12. The number of esters is 1. The first-order valence-electron chi connectivity index (χ1n) is 11.1. The van der Waals surface area contributed by atoms with Crippen molar-refractivity contribution in [3.8, 4) is 11.5 Å². The SMILES string of the molecule is COc1ccc([C@@H]2OC(=O)[C@H]([C@@H](O)/C(C)=C/c3ccccc3)O[C@H]2c2ccc(OC)cc2)cc1. The number of aliphatic hydroxyl groups excluding tert-OH is 1. The molecule has 0 saturated carbocycles. The zero-order chi connectivity index (χ0) is 24.1. The first-order chi connectivity index (χ1) is 16.5. The summed E-state index contributed by atoms with van der Waals surface area (Å²) in [5.74, 6) is 0.789. The van der Waals surface area contributed by atoms with Crippen LogP contribution in [-0.4, -0.2) is 37.5 Å². The van der Waals surface area contributed by atoms with Gasteiger partial charge in [0.2, 0.25) is 0 Å². The predicted octanol–water partition coefficient (Wildman–Crippen LogP) is 4.89. The Morgan fingerprint density at radius 1 is 0.853 bits per heavy atom. The summed E-state index contributed by atoms with van der Waals surface area (Å²) in [6, 6.07) is 24.3. The van der Waals surface area contributed by atoms with Crippen molar-refractivity contribution in [2.75, 3.05) is 14.2 Å². The highest BCUT2D eigenvalue weighted by Crippen LogP contribution is 2.42. The molecule has 6 nitrogen and oxygen atoms in total. The van der Waals surface area contributed by atoms with E-state index in [9.17, 15) is 9.90 Å². The topological polar surface area (TPSA) is 74.2 Å². The number of rotatable bonds is 7. The molecule has 1 N–H and O–H groups in total. The molecule has 0 aliphatic carbocycles. The molecule has 0 radical (unpaired) electrons. The molecule has 0 bridgehead atoms. The van der Waals surface area contributed by atoms with E-state index in [2.05, 4.69) is 0 Å². The zero-order valence-electron chi connectivity index (χ0n) is 19.4. The lowest BCUT2D eigenvalue weighted by Crippen LogP contribution is -2.45. The number of ether oxygens (including phenoxy) is 4.